The standard InChI is InChI=1S/C21H20ClN5O/c1-2-11-24-21(28)17-18-20(26-16-6-4-3-5-15(16)25-18)27(19(17)23)12-13-7-9-14(22)10-8-13/h3-10H,2,11-12,23H2,1H3,(H,24,28). The van der Waals surface area contributed by atoms with E-state index in [1.165, 1.54) is 0 Å². The largest absolute Gasteiger partial charge is 0.384 e. The SMILES string of the molecule is CCCNC(=O)c1c(N)n(Cc2ccc(Cl)cc2)c2nc3ccccc3nc12. The minimum Gasteiger partial charge on any atom is -0.384 e. The lowest BCUT2D eigenvalue weighted by atomic mass is 10.2. The van der Waals surface area contributed by atoms with E-state index in [1.807, 2.05) is 60.0 Å². The minimum atomic E-state index is -0.233. The van der Waals surface area contributed by atoms with Crippen molar-refractivity contribution in [3.63, 3.8) is 0 Å². The van der Waals surface area contributed by atoms with Crippen LogP contribution >= 0.6 is 11.6 Å². The maximum atomic E-state index is 12.8. The fraction of sp³-hybridized carbons (Fsp3) is 0.190. The molecule has 0 fully saturated rings. The number of nitrogen functional groups attached to an aromatic ring is 1. The third-order valence-electron chi connectivity index (χ3n) is 4.61. The molecule has 4 aromatic rings. The van der Waals surface area contributed by atoms with Gasteiger partial charge in [-0.3, -0.25) is 4.79 Å². The lowest BCUT2D eigenvalue weighted by molar-refractivity contribution is 0.0956. The minimum absolute atomic E-state index is 0.233. The first-order valence-corrected chi connectivity index (χ1v) is 9.53. The highest BCUT2D eigenvalue weighted by Crippen LogP contribution is 2.28. The molecular formula is C21H20ClN5O. The Morgan fingerprint density at radius 1 is 1.11 bits per heavy atom. The van der Waals surface area contributed by atoms with Gasteiger partial charge < -0.3 is 15.6 Å². The fourth-order valence-corrected chi connectivity index (χ4v) is 3.33. The number of benzene rings is 2. The van der Waals surface area contributed by atoms with Crippen LogP contribution in [0.5, 0.6) is 0 Å². The zero-order valence-corrected chi connectivity index (χ0v) is 16.2. The molecule has 0 atom stereocenters. The molecule has 2 aromatic heterocycles. The molecule has 6 nitrogen and oxygen atoms in total. The average Bonchev–Trinajstić information content (AvgIpc) is 2.97. The van der Waals surface area contributed by atoms with Crippen molar-refractivity contribution in [2.24, 2.45) is 0 Å². The zero-order valence-electron chi connectivity index (χ0n) is 15.4. The number of carbonyl (C=O) groups is 1. The molecule has 0 aliphatic carbocycles. The fourth-order valence-electron chi connectivity index (χ4n) is 3.20. The summed E-state index contributed by atoms with van der Waals surface area (Å²) in [7, 11) is 0. The Labute approximate surface area is 167 Å². The summed E-state index contributed by atoms with van der Waals surface area (Å²) in [5.74, 6) is 0.123. The number of nitrogens with one attached hydrogen (secondary N) is 1. The summed E-state index contributed by atoms with van der Waals surface area (Å²) < 4.78 is 1.83. The summed E-state index contributed by atoms with van der Waals surface area (Å²) in [6.07, 6.45) is 0.837. The van der Waals surface area contributed by atoms with E-state index >= 15 is 0 Å². The van der Waals surface area contributed by atoms with Crippen molar-refractivity contribution in [3.05, 3.63) is 64.7 Å². The number of nitrogens with two attached hydrogens (primary N) is 1. The molecule has 2 heterocycles. The van der Waals surface area contributed by atoms with Crippen LogP contribution in [0.15, 0.2) is 48.5 Å². The van der Waals surface area contributed by atoms with Crippen molar-refractivity contribution >= 4 is 45.5 Å². The van der Waals surface area contributed by atoms with Crippen LogP contribution in [0, 0.1) is 0 Å². The van der Waals surface area contributed by atoms with E-state index in [2.05, 4.69) is 5.32 Å². The summed E-state index contributed by atoms with van der Waals surface area (Å²) in [5, 5.41) is 3.56. The number of hydrogen-bond acceptors (Lipinski definition) is 4. The molecule has 142 valence electrons. The molecule has 0 saturated heterocycles. The van der Waals surface area contributed by atoms with E-state index in [0.717, 1.165) is 23.0 Å². The molecule has 0 aliphatic heterocycles. The first kappa shape index (κ1) is 18.3. The summed E-state index contributed by atoms with van der Waals surface area (Å²) >= 11 is 5.99. The highest BCUT2D eigenvalue weighted by molar-refractivity contribution is 6.30. The molecule has 28 heavy (non-hydrogen) atoms. The maximum absolute atomic E-state index is 12.8. The van der Waals surface area contributed by atoms with Gasteiger partial charge in [0.05, 0.1) is 17.6 Å². The monoisotopic (exact) mass is 393 g/mol. The molecule has 0 radical (unpaired) electrons. The van der Waals surface area contributed by atoms with Crippen molar-refractivity contribution in [2.75, 3.05) is 12.3 Å². The molecule has 7 heteroatoms. The maximum Gasteiger partial charge on any atom is 0.257 e. The third-order valence-corrected chi connectivity index (χ3v) is 4.86. The number of halogens is 1. The molecule has 3 N–H and O–H groups in total. The molecule has 2 aromatic carbocycles. The Morgan fingerprint density at radius 2 is 1.79 bits per heavy atom. The van der Waals surface area contributed by atoms with E-state index in [0.29, 0.717) is 40.7 Å². The van der Waals surface area contributed by atoms with Crippen LogP contribution < -0.4 is 11.1 Å². The van der Waals surface area contributed by atoms with Crippen LogP contribution in [-0.4, -0.2) is 27.0 Å². The van der Waals surface area contributed by atoms with Crippen molar-refractivity contribution in [2.45, 2.75) is 19.9 Å². The van der Waals surface area contributed by atoms with Crippen LogP contribution in [-0.2, 0) is 6.54 Å². The van der Waals surface area contributed by atoms with Gasteiger partial charge in [-0.1, -0.05) is 42.8 Å². The quantitative estimate of drug-likeness (QED) is 0.536. The van der Waals surface area contributed by atoms with Gasteiger partial charge in [-0.05, 0) is 36.2 Å². The van der Waals surface area contributed by atoms with E-state index in [-0.39, 0.29) is 5.91 Å². The van der Waals surface area contributed by atoms with Gasteiger partial charge in [0, 0.05) is 11.6 Å². The van der Waals surface area contributed by atoms with Gasteiger partial charge in [0.15, 0.2) is 5.65 Å². The van der Waals surface area contributed by atoms with Crippen molar-refractivity contribution in [3.8, 4) is 0 Å². The van der Waals surface area contributed by atoms with Gasteiger partial charge in [-0.15, -0.1) is 0 Å². The summed E-state index contributed by atoms with van der Waals surface area (Å²) in [5.41, 5.74) is 10.4. The van der Waals surface area contributed by atoms with Crippen LogP contribution in [0.3, 0.4) is 0 Å². The Bertz CT molecular complexity index is 1170. The van der Waals surface area contributed by atoms with Gasteiger partial charge in [0.25, 0.3) is 5.91 Å². The number of para-hydroxylation sites is 2. The molecule has 4 rings (SSSR count). The topological polar surface area (TPSA) is 85.8 Å². The Morgan fingerprint density at radius 3 is 2.46 bits per heavy atom. The normalized spacial score (nSPS) is 11.2. The van der Waals surface area contributed by atoms with Gasteiger partial charge in [-0.2, -0.15) is 0 Å². The Kier molecular flexibility index (Phi) is 4.88. The number of amides is 1. The van der Waals surface area contributed by atoms with E-state index in [9.17, 15) is 4.79 Å². The summed E-state index contributed by atoms with van der Waals surface area (Å²) in [4.78, 5) is 22.2. The number of fused-ring (bicyclic) bond motifs is 2. The molecule has 0 saturated carbocycles. The first-order valence-electron chi connectivity index (χ1n) is 9.15. The number of aromatic nitrogens is 3. The van der Waals surface area contributed by atoms with Crippen LogP contribution in [0.1, 0.15) is 29.3 Å². The molecule has 0 unspecified atom stereocenters. The predicted octanol–water partition coefficient (Wildman–Crippen LogP) is 4.01. The highest BCUT2D eigenvalue weighted by Gasteiger charge is 2.23. The number of hydrogen-bond donors (Lipinski definition) is 2. The van der Waals surface area contributed by atoms with Crippen LogP contribution in [0.25, 0.3) is 22.2 Å². The van der Waals surface area contributed by atoms with E-state index in [4.69, 9.17) is 27.3 Å². The molecular weight excluding hydrogens is 374 g/mol. The van der Waals surface area contributed by atoms with Crippen molar-refractivity contribution < 1.29 is 4.79 Å². The molecule has 0 aliphatic rings. The predicted molar refractivity (Wildman–Crippen MR) is 113 cm³/mol. The van der Waals surface area contributed by atoms with Gasteiger partial charge >= 0.3 is 0 Å². The third kappa shape index (κ3) is 3.27. The molecule has 1 amide bonds. The summed E-state index contributed by atoms with van der Waals surface area (Å²) in [6, 6.07) is 15.1. The number of rotatable bonds is 5. The van der Waals surface area contributed by atoms with Gasteiger partial charge in [0.2, 0.25) is 0 Å². The van der Waals surface area contributed by atoms with Crippen molar-refractivity contribution in [1.82, 2.24) is 19.9 Å². The Hall–Kier alpha value is -3.12. The second kappa shape index (κ2) is 7.48. The zero-order chi connectivity index (χ0) is 19.7. The first-order chi connectivity index (χ1) is 13.6. The van der Waals surface area contributed by atoms with Gasteiger partial charge in [0.1, 0.15) is 16.9 Å². The summed E-state index contributed by atoms with van der Waals surface area (Å²) in [6.45, 7) is 3.04. The smallest absolute Gasteiger partial charge is 0.257 e. The van der Waals surface area contributed by atoms with Crippen molar-refractivity contribution in [1.29, 1.82) is 0 Å². The number of carbonyl (C=O) groups excluding carboxylic acids is 1. The van der Waals surface area contributed by atoms with E-state index < -0.39 is 0 Å². The average molecular weight is 394 g/mol. The molecule has 0 bridgehead atoms. The second-order valence-electron chi connectivity index (χ2n) is 6.61. The Balaban J connectivity index is 1.91. The number of anilines is 1. The second-order valence-corrected chi connectivity index (χ2v) is 7.05. The van der Waals surface area contributed by atoms with E-state index in [1.54, 1.807) is 0 Å². The lowest BCUT2D eigenvalue weighted by Crippen LogP contribution is -2.25. The van der Waals surface area contributed by atoms with Crippen LogP contribution in [0.2, 0.25) is 5.02 Å². The highest BCUT2D eigenvalue weighted by atomic mass is 35.5. The number of nitrogens with zero attached hydrogens (tertiary/aromatic N) is 3. The molecule has 0 spiro atoms. The van der Waals surface area contributed by atoms with Crippen LogP contribution in [0.4, 0.5) is 5.82 Å². The lowest BCUT2D eigenvalue weighted by Gasteiger charge is -2.08. The van der Waals surface area contributed by atoms with Gasteiger partial charge in [-0.25, -0.2) is 9.97 Å².